The number of hydrogen-bond donors (Lipinski definition) is 2. The highest BCUT2D eigenvalue weighted by atomic mass is 16.5. The third-order valence-electron chi connectivity index (χ3n) is 4.21. The van der Waals surface area contributed by atoms with Gasteiger partial charge in [0.05, 0.1) is 18.7 Å². The number of aliphatic hydroxyl groups excluding tert-OH is 1. The van der Waals surface area contributed by atoms with E-state index in [2.05, 4.69) is 18.3 Å². The van der Waals surface area contributed by atoms with Crippen molar-refractivity contribution in [2.75, 3.05) is 19.8 Å². The molecule has 1 heterocycles. The fourth-order valence-electron chi connectivity index (χ4n) is 2.66. The molecule has 1 aromatic rings. The standard InChI is InChI=1S/C16H22N2O2/c1-16(7-9-20-10-8-16)15(11-17)18-14(12-19)13-5-3-2-4-6-13/h2-6,14-15,18-19H,7-10,12H2,1H3/t14-,15+/m1/s1. The average molecular weight is 274 g/mol. The van der Waals surface area contributed by atoms with Crippen LogP contribution in [0.2, 0.25) is 0 Å². The molecule has 0 radical (unpaired) electrons. The van der Waals surface area contributed by atoms with Gasteiger partial charge in [-0.25, -0.2) is 0 Å². The predicted molar refractivity (Wildman–Crippen MR) is 77.0 cm³/mol. The van der Waals surface area contributed by atoms with Crippen LogP contribution in [0.25, 0.3) is 0 Å². The SMILES string of the molecule is CC1([C@H](C#N)N[C@H](CO)c2ccccc2)CCOCC1. The maximum Gasteiger partial charge on any atom is 0.101 e. The first-order chi connectivity index (χ1) is 9.69. The molecule has 2 rings (SSSR count). The number of ether oxygens (including phenoxy) is 1. The van der Waals surface area contributed by atoms with E-state index in [0.29, 0.717) is 13.2 Å². The summed E-state index contributed by atoms with van der Waals surface area (Å²) in [7, 11) is 0. The Hall–Kier alpha value is -1.41. The molecule has 2 N–H and O–H groups in total. The van der Waals surface area contributed by atoms with Crippen molar-refractivity contribution in [2.24, 2.45) is 5.41 Å². The fourth-order valence-corrected chi connectivity index (χ4v) is 2.66. The van der Waals surface area contributed by atoms with Crippen LogP contribution in [0.15, 0.2) is 30.3 Å². The van der Waals surface area contributed by atoms with Crippen molar-refractivity contribution in [1.29, 1.82) is 5.26 Å². The second kappa shape index (κ2) is 6.85. The van der Waals surface area contributed by atoms with Gasteiger partial charge in [0, 0.05) is 18.6 Å². The molecule has 0 bridgehead atoms. The van der Waals surface area contributed by atoms with Crippen LogP contribution in [0.1, 0.15) is 31.4 Å². The van der Waals surface area contributed by atoms with Gasteiger partial charge in [0.15, 0.2) is 0 Å². The molecule has 1 aromatic carbocycles. The van der Waals surface area contributed by atoms with Gasteiger partial charge in [0.2, 0.25) is 0 Å². The van der Waals surface area contributed by atoms with Crippen molar-refractivity contribution < 1.29 is 9.84 Å². The molecule has 0 saturated carbocycles. The Morgan fingerprint density at radius 1 is 1.35 bits per heavy atom. The van der Waals surface area contributed by atoms with Crippen molar-refractivity contribution in [3.05, 3.63) is 35.9 Å². The molecule has 1 aliphatic rings. The molecule has 4 nitrogen and oxygen atoms in total. The number of rotatable bonds is 5. The summed E-state index contributed by atoms with van der Waals surface area (Å²) in [6.07, 6.45) is 1.73. The normalized spacial score (nSPS) is 20.9. The van der Waals surface area contributed by atoms with E-state index in [0.717, 1.165) is 18.4 Å². The minimum atomic E-state index is -0.288. The highest BCUT2D eigenvalue weighted by Gasteiger charge is 2.37. The quantitative estimate of drug-likeness (QED) is 0.862. The first-order valence-electron chi connectivity index (χ1n) is 7.09. The zero-order valence-electron chi connectivity index (χ0n) is 11.9. The molecule has 4 heteroatoms. The lowest BCUT2D eigenvalue weighted by atomic mass is 9.75. The topological polar surface area (TPSA) is 65.3 Å². The molecule has 20 heavy (non-hydrogen) atoms. The third kappa shape index (κ3) is 3.37. The summed E-state index contributed by atoms with van der Waals surface area (Å²) in [6, 6.07) is 11.6. The number of benzene rings is 1. The highest BCUT2D eigenvalue weighted by molar-refractivity contribution is 5.20. The second-order valence-corrected chi connectivity index (χ2v) is 5.64. The number of nitrogens with one attached hydrogen (secondary N) is 1. The molecule has 1 aliphatic heterocycles. The maximum atomic E-state index is 9.61. The van der Waals surface area contributed by atoms with Crippen LogP contribution in [0, 0.1) is 16.7 Å². The summed E-state index contributed by atoms with van der Waals surface area (Å²) in [5.41, 5.74) is 0.903. The van der Waals surface area contributed by atoms with Crippen molar-refractivity contribution >= 4 is 0 Å². The average Bonchev–Trinajstić information content (AvgIpc) is 2.50. The smallest absolute Gasteiger partial charge is 0.101 e. The lowest BCUT2D eigenvalue weighted by Crippen LogP contribution is -2.47. The Morgan fingerprint density at radius 3 is 2.55 bits per heavy atom. The lowest BCUT2D eigenvalue weighted by molar-refractivity contribution is 0.0104. The number of aliphatic hydroxyl groups is 1. The van der Waals surface area contributed by atoms with E-state index in [4.69, 9.17) is 4.74 Å². The van der Waals surface area contributed by atoms with Gasteiger partial charge in [-0.15, -0.1) is 0 Å². The minimum absolute atomic E-state index is 0.0191. The van der Waals surface area contributed by atoms with Crippen LogP contribution >= 0.6 is 0 Å². The summed E-state index contributed by atoms with van der Waals surface area (Å²) in [6.45, 7) is 3.50. The van der Waals surface area contributed by atoms with Crippen molar-refractivity contribution in [3.63, 3.8) is 0 Å². The lowest BCUT2D eigenvalue weighted by Gasteiger charge is -2.39. The molecule has 1 saturated heterocycles. The first-order valence-corrected chi connectivity index (χ1v) is 7.09. The zero-order chi connectivity index (χ0) is 14.4. The summed E-state index contributed by atoms with van der Waals surface area (Å²) < 4.78 is 5.39. The number of nitriles is 1. The molecule has 2 atom stereocenters. The van der Waals surface area contributed by atoms with Gasteiger partial charge >= 0.3 is 0 Å². The van der Waals surface area contributed by atoms with Crippen molar-refractivity contribution in [3.8, 4) is 6.07 Å². The molecule has 0 aromatic heterocycles. The van der Waals surface area contributed by atoms with Gasteiger partial charge in [-0.3, -0.25) is 5.32 Å². The van der Waals surface area contributed by atoms with E-state index in [1.54, 1.807) is 0 Å². The molecular weight excluding hydrogens is 252 g/mol. The Bertz CT molecular complexity index is 449. The van der Waals surface area contributed by atoms with E-state index in [1.165, 1.54) is 0 Å². The van der Waals surface area contributed by atoms with Crippen molar-refractivity contribution in [2.45, 2.75) is 31.8 Å². The van der Waals surface area contributed by atoms with Crippen LogP contribution < -0.4 is 5.32 Å². The third-order valence-corrected chi connectivity index (χ3v) is 4.21. The molecule has 0 aliphatic carbocycles. The van der Waals surface area contributed by atoms with Gasteiger partial charge in [0.1, 0.15) is 6.04 Å². The summed E-state index contributed by atoms with van der Waals surface area (Å²) >= 11 is 0. The second-order valence-electron chi connectivity index (χ2n) is 5.64. The van der Waals surface area contributed by atoms with Crippen LogP contribution in [-0.4, -0.2) is 31.0 Å². The Kier molecular flexibility index (Phi) is 5.13. The van der Waals surface area contributed by atoms with E-state index in [9.17, 15) is 10.4 Å². The summed E-state index contributed by atoms with van der Waals surface area (Å²) in [5.74, 6) is 0. The molecule has 108 valence electrons. The molecule has 0 spiro atoms. The fraction of sp³-hybridized carbons (Fsp3) is 0.562. The summed E-state index contributed by atoms with van der Waals surface area (Å²) in [5, 5.41) is 22.4. The minimum Gasteiger partial charge on any atom is -0.394 e. The number of hydrogen-bond acceptors (Lipinski definition) is 4. The van der Waals surface area contributed by atoms with Crippen LogP contribution in [-0.2, 0) is 4.74 Å². The Labute approximate surface area is 120 Å². The maximum absolute atomic E-state index is 9.61. The number of nitrogens with zero attached hydrogens (tertiary/aromatic N) is 1. The van der Waals surface area contributed by atoms with E-state index in [-0.39, 0.29) is 24.1 Å². The largest absolute Gasteiger partial charge is 0.394 e. The van der Waals surface area contributed by atoms with Gasteiger partial charge in [-0.05, 0) is 18.4 Å². The van der Waals surface area contributed by atoms with E-state index in [1.807, 2.05) is 30.3 Å². The van der Waals surface area contributed by atoms with Crippen molar-refractivity contribution in [1.82, 2.24) is 5.32 Å². The van der Waals surface area contributed by atoms with Crippen LogP contribution in [0.3, 0.4) is 0 Å². The zero-order valence-corrected chi connectivity index (χ0v) is 11.9. The van der Waals surface area contributed by atoms with Gasteiger partial charge in [-0.1, -0.05) is 37.3 Å². The monoisotopic (exact) mass is 274 g/mol. The molecular formula is C16H22N2O2. The van der Waals surface area contributed by atoms with Gasteiger partial charge in [-0.2, -0.15) is 5.26 Å². The van der Waals surface area contributed by atoms with E-state index >= 15 is 0 Å². The van der Waals surface area contributed by atoms with Gasteiger partial charge in [0.25, 0.3) is 0 Å². The van der Waals surface area contributed by atoms with Gasteiger partial charge < -0.3 is 9.84 Å². The van der Waals surface area contributed by atoms with E-state index < -0.39 is 0 Å². The predicted octanol–water partition coefficient (Wildman–Crippen LogP) is 2.02. The molecule has 1 fully saturated rings. The molecule has 0 amide bonds. The Balaban J connectivity index is 2.10. The molecule has 0 unspecified atom stereocenters. The summed E-state index contributed by atoms with van der Waals surface area (Å²) in [4.78, 5) is 0. The Morgan fingerprint density at radius 2 is 2.00 bits per heavy atom. The first kappa shape index (κ1) is 15.0. The van der Waals surface area contributed by atoms with Crippen LogP contribution in [0.5, 0.6) is 0 Å². The highest BCUT2D eigenvalue weighted by Crippen LogP contribution is 2.34. The van der Waals surface area contributed by atoms with Crippen LogP contribution in [0.4, 0.5) is 0 Å².